The lowest BCUT2D eigenvalue weighted by Gasteiger charge is -2.34. The summed E-state index contributed by atoms with van der Waals surface area (Å²) in [6, 6.07) is 6.43. The molecule has 1 saturated heterocycles. The number of likely N-dealkylation sites (tertiary alicyclic amines) is 1. The highest BCUT2D eigenvalue weighted by atomic mass is 32.2. The van der Waals surface area contributed by atoms with Crippen molar-refractivity contribution in [2.75, 3.05) is 13.1 Å². The maximum atomic E-state index is 14.0. The molecule has 0 bridgehead atoms. The number of hydrogen-bond donors (Lipinski definition) is 1. The van der Waals surface area contributed by atoms with Crippen molar-refractivity contribution in [3.05, 3.63) is 67.3 Å². The molecule has 0 amide bonds. The molecule has 7 rings (SSSR count). The summed E-state index contributed by atoms with van der Waals surface area (Å²) >= 11 is 0. The SMILES string of the molecule is CC(C)N1CCC(n2cc(-c3cnc4c(c3)[NH+](S(=O)(=O)c3cnc5ccc(-c6cnn(C)c6)cn35)N=C4)cn2)CC1. The number of aryl methyl sites for hydroxylation is 1. The Balaban J connectivity index is 1.18. The quantitative estimate of drug-likeness (QED) is 0.332. The van der Waals surface area contributed by atoms with Crippen LogP contribution in [0.2, 0.25) is 0 Å². The van der Waals surface area contributed by atoms with Gasteiger partial charge < -0.3 is 4.90 Å². The standard InChI is InChI=1S/C28H30N10O2S/c1-19(2)35-8-6-24(7-9-35)37-18-23(13-32-37)21-10-26-25(29-11-21)14-33-38(26)41(39,40)28-15-30-27-5-4-20(17-36(27)28)22-12-31-34(3)16-22/h4-5,10-19,24H,6-9H2,1-3H3/p+1. The molecule has 1 unspecified atom stereocenters. The van der Waals surface area contributed by atoms with Crippen LogP contribution in [0, 0.1) is 0 Å². The van der Waals surface area contributed by atoms with E-state index in [-0.39, 0.29) is 9.44 Å². The number of nitrogens with one attached hydrogen (secondary N) is 1. The van der Waals surface area contributed by atoms with Gasteiger partial charge in [0.2, 0.25) is 10.7 Å². The van der Waals surface area contributed by atoms with Crippen molar-refractivity contribution >= 4 is 27.6 Å². The van der Waals surface area contributed by atoms with E-state index in [9.17, 15) is 8.42 Å². The van der Waals surface area contributed by atoms with Gasteiger partial charge >= 0.3 is 10.0 Å². The predicted octanol–water partition coefficient (Wildman–Crippen LogP) is 2.29. The summed E-state index contributed by atoms with van der Waals surface area (Å²) < 4.78 is 33.3. The first-order valence-corrected chi connectivity index (χ1v) is 15.2. The zero-order valence-electron chi connectivity index (χ0n) is 23.1. The van der Waals surface area contributed by atoms with E-state index in [1.807, 2.05) is 42.5 Å². The summed E-state index contributed by atoms with van der Waals surface area (Å²) in [6.07, 6.45) is 16.0. The van der Waals surface area contributed by atoms with Crippen molar-refractivity contribution in [2.24, 2.45) is 12.1 Å². The van der Waals surface area contributed by atoms with Gasteiger partial charge in [0.1, 0.15) is 11.9 Å². The lowest BCUT2D eigenvalue weighted by Crippen LogP contribution is -3.03. The van der Waals surface area contributed by atoms with E-state index in [1.165, 1.54) is 12.4 Å². The van der Waals surface area contributed by atoms with Gasteiger partial charge in [-0.05, 0) is 38.8 Å². The third kappa shape index (κ3) is 4.46. The van der Waals surface area contributed by atoms with Crippen LogP contribution in [0.5, 0.6) is 0 Å². The minimum Gasteiger partial charge on any atom is -0.301 e. The number of rotatable bonds is 6. The molecular weight excluding hydrogens is 540 g/mol. The second-order valence-electron chi connectivity index (χ2n) is 10.9. The molecule has 7 heterocycles. The number of pyridine rings is 2. The van der Waals surface area contributed by atoms with Crippen LogP contribution in [-0.2, 0) is 17.1 Å². The molecule has 41 heavy (non-hydrogen) atoms. The van der Waals surface area contributed by atoms with Gasteiger partial charge in [0.15, 0.2) is 5.69 Å². The molecule has 0 aromatic carbocycles. The number of piperidine rings is 1. The van der Waals surface area contributed by atoms with Gasteiger partial charge in [-0.2, -0.15) is 18.6 Å². The van der Waals surface area contributed by atoms with E-state index in [1.54, 1.807) is 33.7 Å². The normalized spacial score (nSPS) is 18.1. The lowest BCUT2D eigenvalue weighted by atomic mass is 10.0. The second-order valence-corrected chi connectivity index (χ2v) is 12.8. The lowest BCUT2D eigenvalue weighted by molar-refractivity contribution is -0.694. The minimum absolute atomic E-state index is 0.0381. The number of sulfonamides is 1. The predicted molar refractivity (Wildman–Crippen MR) is 153 cm³/mol. The smallest absolute Gasteiger partial charge is 0.301 e. The number of fused-ring (bicyclic) bond motifs is 2. The van der Waals surface area contributed by atoms with Crippen molar-refractivity contribution in [1.82, 2.24) is 38.8 Å². The Morgan fingerprint density at radius 2 is 1.68 bits per heavy atom. The van der Waals surface area contributed by atoms with E-state index in [4.69, 9.17) is 0 Å². The summed E-state index contributed by atoms with van der Waals surface area (Å²) in [5, 5.41) is 13.2. The highest BCUT2D eigenvalue weighted by molar-refractivity contribution is 7.85. The van der Waals surface area contributed by atoms with Crippen molar-refractivity contribution in [3.63, 3.8) is 0 Å². The molecule has 5 aromatic rings. The number of nitrogens with zero attached hydrogens (tertiary/aromatic N) is 9. The fourth-order valence-corrected chi connectivity index (χ4v) is 7.10. The van der Waals surface area contributed by atoms with Gasteiger partial charge in [-0.15, -0.1) is 0 Å². The fourth-order valence-electron chi connectivity index (χ4n) is 5.66. The molecule has 2 aliphatic heterocycles. The van der Waals surface area contributed by atoms with Crippen LogP contribution in [-0.4, -0.2) is 72.6 Å². The zero-order valence-corrected chi connectivity index (χ0v) is 23.9. The fraction of sp³-hybridized carbons (Fsp3) is 0.321. The van der Waals surface area contributed by atoms with E-state index in [0.717, 1.165) is 48.2 Å². The highest BCUT2D eigenvalue weighted by Crippen LogP contribution is 2.28. The van der Waals surface area contributed by atoms with Gasteiger partial charge in [0.05, 0.1) is 24.6 Å². The van der Waals surface area contributed by atoms with Crippen LogP contribution in [0.3, 0.4) is 0 Å². The first-order valence-electron chi connectivity index (χ1n) is 13.7. The highest BCUT2D eigenvalue weighted by Gasteiger charge is 2.39. The van der Waals surface area contributed by atoms with Crippen molar-refractivity contribution in [1.29, 1.82) is 0 Å². The molecule has 2 aliphatic rings. The molecular formula is C28H31N10O2S+. The van der Waals surface area contributed by atoms with E-state index < -0.39 is 10.0 Å². The molecule has 0 aliphatic carbocycles. The molecule has 5 aromatic heterocycles. The Hall–Kier alpha value is -4.20. The van der Waals surface area contributed by atoms with E-state index in [0.29, 0.717) is 29.1 Å². The van der Waals surface area contributed by atoms with Gasteiger partial charge in [-0.3, -0.25) is 13.8 Å². The molecule has 0 spiro atoms. The Kier molecular flexibility index (Phi) is 6.10. The summed E-state index contributed by atoms with van der Waals surface area (Å²) in [5.74, 6) is 0. The Labute approximate surface area is 237 Å². The molecule has 0 radical (unpaired) electrons. The molecule has 210 valence electrons. The summed E-state index contributed by atoms with van der Waals surface area (Å²) in [6.45, 7) is 6.58. The summed E-state index contributed by atoms with van der Waals surface area (Å²) in [7, 11) is -2.18. The van der Waals surface area contributed by atoms with Gasteiger partial charge in [-0.1, -0.05) is 9.52 Å². The Morgan fingerprint density at radius 1 is 0.902 bits per heavy atom. The summed E-state index contributed by atoms with van der Waals surface area (Å²) in [5.41, 5.74) is 4.91. The average Bonchev–Trinajstić information content (AvgIpc) is 3.78. The Morgan fingerprint density at radius 3 is 2.44 bits per heavy atom. The minimum atomic E-state index is -4.02. The van der Waals surface area contributed by atoms with Crippen LogP contribution in [0.15, 0.2) is 71.7 Å². The molecule has 1 N–H and O–H groups in total. The van der Waals surface area contributed by atoms with Crippen LogP contribution in [0.25, 0.3) is 27.9 Å². The number of aromatic nitrogens is 7. The maximum Gasteiger partial charge on any atom is 0.372 e. The first kappa shape index (κ1) is 25.7. The van der Waals surface area contributed by atoms with Gasteiger partial charge in [-0.25, -0.2) is 9.97 Å². The van der Waals surface area contributed by atoms with E-state index in [2.05, 4.69) is 44.0 Å². The number of quaternary nitrogens is 1. The molecule has 1 fully saturated rings. The second kappa shape index (κ2) is 9.72. The van der Waals surface area contributed by atoms with Gasteiger partial charge in [0.25, 0.3) is 0 Å². The average molecular weight is 572 g/mol. The van der Waals surface area contributed by atoms with Crippen molar-refractivity contribution in [2.45, 2.75) is 43.8 Å². The molecule has 12 nitrogen and oxygen atoms in total. The summed E-state index contributed by atoms with van der Waals surface area (Å²) in [4.78, 5) is 11.4. The monoisotopic (exact) mass is 571 g/mol. The number of imidazole rings is 1. The molecule has 13 heteroatoms. The molecule has 1 atom stereocenters. The third-order valence-electron chi connectivity index (χ3n) is 8.03. The zero-order chi connectivity index (χ0) is 28.3. The van der Waals surface area contributed by atoms with Crippen LogP contribution in [0.1, 0.15) is 38.4 Å². The van der Waals surface area contributed by atoms with Crippen molar-refractivity contribution in [3.8, 4) is 22.3 Å². The topological polar surface area (TPSA) is 120 Å². The van der Waals surface area contributed by atoms with E-state index >= 15 is 0 Å². The van der Waals surface area contributed by atoms with Crippen LogP contribution >= 0.6 is 0 Å². The van der Waals surface area contributed by atoms with Crippen molar-refractivity contribution < 1.29 is 12.8 Å². The third-order valence-corrected chi connectivity index (χ3v) is 9.72. The number of hydrogen-bond acceptors (Lipinski definition) is 8. The maximum absolute atomic E-state index is 14.0. The largest absolute Gasteiger partial charge is 0.372 e. The molecule has 0 saturated carbocycles. The first-order chi connectivity index (χ1) is 19.8. The van der Waals surface area contributed by atoms with Crippen LogP contribution in [0.4, 0.5) is 5.69 Å². The Bertz CT molecular complexity index is 1890. The van der Waals surface area contributed by atoms with Gasteiger partial charge in [0, 0.05) is 79.3 Å². The van der Waals surface area contributed by atoms with Crippen LogP contribution < -0.4 is 4.41 Å².